The van der Waals surface area contributed by atoms with Gasteiger partial charge in [0.05, 0.1) is 12.6 Å². The Morgan fingerprint density at radius 1 is 1.52 bits per heavy atom. The van der Waals surface area contributed by atoms with Gasteiger partial charge in [-0.05, 0) is 19.8 Å². The highest BCUT2D eigenvalue weighted by Gasteiger charge is 2.22. The summed E-state index contributed by atoms with van der Waals surface area (Å²) in [6, 6.07) is -0.0457. The molecule has 1 aliphatic heterocycles. The Morgan fingerprint density at radius 3 is 2.71 bits per heavy atom. The number of hydrogen-bond acceptors (Lipinski definition) is 6. The molecular weight excluding hydrogens is 290 g/mol. The summed E-state index contributed by atoms with van der Waals surface area (Å²) in [6.07, 6.45) is 1.62. The van der Waals surface area contributed by atoms with Crippen molar-refractivity contribution in [2.75, 3.05) is 19.6 Å². The molecule has 0 spiro atoms. The predicted molar refractivity (Wildman–Crippen MR) is 80.8 cm³/mol. The summed E-state index contributed by atoms with van der Waals surface area (Å²) < 4.78 is 0. The summed E-state index contributed by atoms with van der Waals surface area (Å²) in [6.45, 7) is 3.64. The van der Waals surface area contributed by atoms with Crippen LogP contribution in [0.5, 0.6) is 0 Å². The molecule has 0 aromatic carbocycles. The number of carbonyl (C=O) groups excluding carboxylic acids is 2. The summed E-state index contributed by atoms with van der Waals surface area (Å²) >= 11 is 1.40. The van der Waals surface area contributed by atoms with Gasteiger partial charge >= 0.3 is 0 Å². The van der Waals surface area contributed by atoms with Crippen molar-refractivity contribution in [1.82, 2.24) is 15.2 Å². The molecule has 1 aromatic rings. The predicted octanol–water partition coefficient (Wildman–Crippen LogP) is -0.158. The van der Waals surface area contributed by atoms with E-state index in [1.165, 1.54) is 11.3 Å². The van der Waals surface area contributed by atoms with E-state index in [4.69, 9.17) is 11.5 Å². The third-order valence-electron chi connectivity index (χ3n) is 3.45. The van der Waals surface area contributed by atoms with Gasteiger partial charge in [0.25, 0.3) is 5.91 Å². The van der Waals surface area contributed by atoms with E-state index in [0.29, 0.717) is 5.69 Å². The molecule has 0 radical (unpaired) electrons. The second kappa shape index (κ2) is 6.97. The van der Waals surface area contributed by atoms with Gasteiger partial charge in [0, 0.05) is 24.5 Å². The first-order valence-electron chi connectivity index (χ1n) is 6.98. The number of amides is 2. The van der Waals surface area contributed by atoms with E-state index in [9.17, 15) is 9.59 Å². The van der Waals surface area contributed by atoms with Gasteiger partial charge in [-0.2, -0.15) is 0 Å². The number of piperidine rings is 1. The van der Waals surface area contributed by atoms with Crippen molar-refractivity contribution in [2.24, 2.45) is 11.5 Å². The Labute approximate surface area is 127 Å². The highest BCUT2D eigenvalue weighted by atomic mass is 32.1. The lowest BCUT2D eigenvalue weighted by molar-refractivity contribution is -0.119. The normalized spacial score (nSPS) is 18.4. The van der Waals surface area contributed by atoms with Crippen LogP contribution in [0.2, 0.25) is 0 Å². The van der Waals surface area contributed by atoms with Crippen molar-refractivity contribution >= 4 is 23.2 Å². The lowest BCUT2D eigenvalue weighted by Crippen LogP contribution is -2.46. The first kappa shape index (κ1) is 15.9. The fourth-order valence-corrected chi connectivity index (χ4v) is 3.07. The number of nitrogens with one attached hydrogen (secondary N) is 1. The summed E-state index contributed by atoms with van der Waals surface area (Å²) in [4.78, 5) is 29.2. The van der Waals surface area contributed by atoms with Gasteiger partial charge in [-0.1, -0.05) is 0 Å². The average molecular weight is 311 g/mol. The Hall–Kier alpha value is -1.51. The molecule has 2 amide bonds. The van der Waals surface area contributed by atoms with Crippen molar-refractivity contribution in [3.8, 4) is 0 Å². The number of aromatic nitrogens is 1. The van der Waals surface area contributed by atoms with Crippen LogP contribution in [-0.2, 0) is 4.79 Å². The number of primary amides is 1. The zero-order valence-electron chi connectivity index (χ0n) is 12.0. The Kier molecular flexibility index (Phi) is 5.27. The second-order valence-electron chi connectivity index (χ2n) is 5.35. The molecule has 1 saturated heterocycles. The molecule has 0 aliphatic carbocycles. The summed E-state index contributed by atoms with van der Waals surface area (Å²) in [7, 11) is 0. The minimum absolute atomic E-state index is 0.113. The topological polar surface area (TPSA) is 114 Å². The van der Waals surface area contributed by atoms with E-state index in [0.717, 1.165) is 30.9 Å². The number of nitrogens with zero attached hydrogens (tertiary/aromatic N) is 2. The Balaban J connectivity index is 1.82. The van der Waals surface area contributed by atoms with Crippen LogP contribution in [0.3, 0.4) is 0 Å². The largest absolute Gasteiger partial charge is 0.369 e. The molecule has 0 saturated carbocycles. The minimum Gasteiger partial charge on any atom is -0.369 e. The highest BCUT2D eigenvalue weighted by molar-refractivity contribution is 7.09. The molecule has 8 heteroatoms. The van der Waals surface area contributed by atoms with E-state index >= 15 is 0 Å². The third kappa shape index (κ3) is 4.48. The molecule has 5 N–H and O–H groups in total. The number of carbonyl (C=O) groups is 2. The smallest absolute Gasteiger partial charge is 0.270 e. The quantitative estimate of drug-likeness (QED) is 0.699. The summed E-state index contributed by atoms with van der Waals surface area (Å²) in [5, 5.41) is 5.48. The Morgan fingerprint density at radius 2 is 2.19 bits per heavy atom. The van der Waals surface area contributed by atoms with Crippen LogP contribution in [0.15, 0.2) is 5.38 Å². The van der Waals surface area contributed by atoms with Crippen LogP contribution in [0.4, 0.5) is 0 Å². The van der Waals surface area contributed by atoms with Crippen LogP contribution in [-0.4, -0.2) is 47.4 Å². The monoisotopic (exact) mass is 311 g/mol. The van der Waals surface area contributed by atoms with Crippen molar-refractivity contribution in [1.29, 1.82) is 0 Å². The molecule has 1 aliphatic rings. The van der Waals surface area contributed by atoms with E-state index in [1.807, 2.05) is 11.8 Å². The van der Waals surface area contributed by atoms with E-state index in [2.05, 4.69) is 10.3 Å². The SMILES string of the molecule is CC(N)c1nc(C(=O)NC2CCN(CC(N)=O)CC2)cs1. The molecule has 2 rings (SSSR count). The van der Waals surface area contributed by atoms with Gasteiger partial charge in [-0.3, -0.25) is 14.5 Å². The Bertz CT molecular complexity index is 508. The molecule has 21 heavy (non-hydrogen) atoms. The number of nitrogens with two attached hydrogens (primary N) is 2. The van der Waals surface area contributed by atoms with Crippen LogP contribution in [0.1, 0.15) is 41.3 Å². The van der Waals surface area contributed by atoms with E-state index < -0.39 is 0 Å². The zero-order chi connectivity index (χ0) is 15.4. The van der Waals surface area contributed by atoms with Crippen LogP contribution >= 0.6 is 11.3 Å². The van der Waals surface area contributed by atoms with Crippen molar-refractivity contribution in [3.63, 3.8) is 0 Å². The molecule has 1 unspecified atom stereocenters. The van der Waals surface area contributed by atoms with Gasteiger partial charge in [-0.15, -0.1) is 11.3 Å². The third-order valence-corrected chi connectivity index (χ3v) is 4.49. The summed E-state index contributed by atoms with van der Waals surface area (Å²) in [5.74, 6) is -0.477. The van der Waals surface area contributed by atoms with E-state index in [1.54, 1.807) is 5.38 Å². The maximum absolute atomic E-state index is 12.1. The van der Waals surface area contributed by atoms with Crippen LogP contribution < -0.4 is 16.8 Å². The standard InChI is InChI=1S/C13H21N5O2S/c1-8(14)13-17-10(7-21-13)12(20)16-9-2-4-18(5-3-9)6-11(15)19/h7-9H,2-6,14H2,1H3,(H2,15,19)(H,16,20). The van der Waals surface area contributed by atoms with Crippen molar-refractivity contribution in [3.05, 3.63) is 16.1 Å². The fraction of sp³-hybridized carbons (Fsp3) is 0.615. The van der Waals surface area contributed by atoms with Gasteiger partial charge in [-0.25, -0.2) is 4.98 Å². The molecule has 2 heterocycles. The number of likely N-dealkylation sites (tertiary alicyclic amines) is 1. The molecule has 1 atom stereocenters. The molecule has 1 aromatic heterocycles. The summed E-state index contributed by atoms with van der Waals surface area (Å²) in [5.41, 5.74) is 11.3. The van der Waals surface area contributed by atoms with Crippen molar-refractivity contribution in [2.45, 2.75) is 31.8 Å². The molecule has 7 nitrogen and oxygen atoms in total. The van der Waals surface area contributed by atoms with Gasteiger partial charge in [0.1, 0.15) is 10.7 Å². The number of rotatable bonds is 5. The first-order valence-corrected chi connectivity index (χ1v) is 7.86. The lowest BCUT2D eigenvalue weighted by Gasteiger charge is -2.31. The highest BCUT2D eigenvalue weighted by Crippen LogP contribution is 2.16. The zero-order valence-corrected chi connectivity index (χ0v) is 12.9. The maximum Gasteiger partial charge on any atom is 0.270 e. The average Bonchev–Trinajstić information content (AvgIpc) is 2.90. The molecular formula is C13H21N5O2S. The molecule has 0 bridgehead atoms. The number of hydrogen-bond donors (Lipinski definition) is 3. The van der Waals surface area contributed by atoms with Crippen LogP contribution in [0.25, 0.3) is 0 Å². The molecule has 1 fully saturated rings. The fourth-order valence-electron chi connectivity index (χ4n) is 2.32. The van der Waals surface area contributed by atoms with Gasteiger partial charge in [0.15, 0.2) is 0 Å². The number of thiazole rings is 1. The molecule has 116 valence electrons. The van der Waals surface area contributed by atoms with Gasteiger partial charge < -0.3 is 16.8 Å². The minimum atomic E-state index is -0.316. The second-order valence-corrected chi connectivity index (χ2v) is 6.24. The van der Waals surface area contributed by atoms with Crippen LogP contribution in [0, 0.1) is 0 Å². The first-order chi connectivity index (χ1) is 9.95. The van der Waals surface area contributed by atoms with Crippen molar-refractivity contribution < 1.29 is 9.59 Å². The van der Waals surface area contributed by atoms with E-state index in [-0.39, 0.29) is 30.4 Å². The maximum atomic E-state index is 12.1. The van der Waals surface area contributed by atoms with Gasteiger partial charge in [0.2, 0.25) is 5.91 Å². The lowest BCUT2D eigenvalue weighted by atomic mass is 10.0.